The number of aromatic amines is 1. The molecule has 0 aliphatic heterocycles. The Hall–Kier alpha value is -3.68. The van der Waals surface area contributed by atoms with Crippen LogP contribution in [0, 0.1) is 5.92 Å². The molecule has 0 bridgehead atoms. The molecule has 11 N–H and O–H groups in total. The van der Waals surface area contributed by atoms with Crippen molar-refractivity contribution in [3.8, 4) is 0 Å². The van der Waals surface area contributed by atoms with Crippen molar-refractivity contribution in [3.05, 3.63) is 18.2 Å². The monoisotopic (exact) mass is 481 g/mol. The van der Waals surface area contributed by atoms with E-state index in [0.717, 1.165) is 0 Å². The van der Waals surface area contributed by atoms with Crippen LogP contribution < -0.4 is 33.2 Å². The molecule has 0 spiro atoms. The summed E-state index contributed by atoms with van der Waals surface area (Å²) < 4.78 is 0. The third-order valence-corrected chi connectivity index (χ3v) is 5.17. The lowest BCUT2D eigenvalue weighted by atomic mass is 9.98. The van der Waals surface area contributed by atoms with E-state index in [1.54, 1.807) is 0 Å². The van der Waals surface area contributed by atoms with Gasteiger partial charge in [0.05, 0.1) is 18.9 Å². The van der Waals surface area contributed by atoms with Crippen LogP contribution in [0.5, 0.6) is 0 Å². The van der Waals surface area contributed by atoms with Gasteiger partial charge < -0.3 is 43.2 Å². The van der Waals surface area contributed by atoms with E-state index in [1.165, 1.54) is 12.5 Å². The van der Waals surface area contributed by atoms with Gasteiger partial charge in [0, 0.05) is 24.9 Å². The summed E-state index contributed by atoms with van der Waals surface area (Å²) in [5.41, 5.74) is 17.1. The molecular weight excluding hydrogens is 446 g/mol. The van der Waals surface area contributed by atoms with Crippen LogP contribution in [-0.2, 0) is 25.6 Å². The van der Waals surface area contributed by atoms with Gasteiger partial charge >= 0.3 is 5.97 Å². The highest BCUT2D eigenvalue weighted by Crippen LogP contribution is 2.07. The molecule has 4 unspecified atom stereocenters. The topological polar surface area (TPSA) is 244 Å². The van der Waals surface area contributed by atoms with E-state index >= 15 is 0 Å². The second-order valence-electron chi connectivity index (χ2n) is 7.88. The van der Waals surface area contributed by atoms with E-state index in [0.29, 0.717) is 18.5 Å². The predicted molar refractivity (Wildman–Crippen MR) is 124 cm³/mol. The largest absolute Gasteiger partial charge is 0.480 e. The van der Waals surface area contributed by atoms with E-state index < -0.39 is 48.4 Å². The van der Waals surface area contributed by atoms with Gasteiger partial charge in [0.2, 0.25) is 17.7 Å². The van der Waals surface area contributed by atoms with Crippen LogP contribution in [0.4, 0.5) is 0 Å². The van der Waals surface area contributed by atoms with Gasteiger partial charge in [0.25, 0.3) is 0 Å². The Morgan fingerprint density at radius 2 is 1.88 bits per heavy atom. The van der Waals surface area contributed by atoms with Crippen molar-refractivity contribution in [1.82, 2.24) is 25.9 Å². The Morgan fingerprint density at radius 1 is 1.18 bits per heavy atom. The first-order valence-corrected chi connectivity index (χ1v) is 10.9. The van der Waals surface area contributed by atoms with Gasteiger partial charge in [-0.25, -0.2) is 9.78 Å². The number of carbonyl (C=O) groups excluding carboxylic acids is 3. The van der Waals surface area contributed by atoms with Crippen LogP contribution in [0.15, 0.2) is 17.5 Å². The number of aromatic nitrogens is 2. The van der Waals surface area contributed by atoms with E-state index in [-0.39, 0.29) is 31.3 Å². The van der Waals surface area contributed by atoms with Gasteiger partial charge in [-0.15, -0.1) is 0 Å². The maximum Gasteiger partial charge on any atom is 0.326 e. The Bertz CT molecular complexity index is 839. The third-order valence-electron chi connectivity index (χ3n) is 5.17. The molecule has 14 heteroatoms. The highest BCUT2D eigenvalue weighted by Gasteiger charge is 2.27. The fourth-order valence-electron chi connectivity index (χ4n) is 2.90. The zero-order chi connectivity index (χ0) is 25.7. The summed E-state index contributed by atoms with van der Waals surface area (Å²) in [5.74, 6) is -3.25. The van der Waals surface area contributed by atoms with Crippen LogP contribution >= 0.6 is 0 Å². The number of aliphatic carboxylic acids is 1. The first-order chi connectivity index (χ1) is 16.0. The van der Waals surface area contributed by atoms with Crippen molar-refractivity contribution in [1.29, 1.82) is 0 Å². The Kier molecular flexibility index (Phi) is 12.1. The summed E-state index contributed by atoms with van der Waals surface area (Å²) in [6.07, 6.45) is 4.09. The number of nitrogens with two attached hydrogens (primary N) is 3. The van der Waals surface area contributed by atoms with Crippen LogP contribution in [0.3, 0.4) is 0 Å². The SMILES string of the molecule is CCC(C)C(N)C(=O)NC(CCCN=C(N)N)C(=O)NCC(=O)NC(Cc1cnc[nH]1)C(=O)O. The van der Waals surface area contributed by atoms with Gasteiger partial charge in [0.15, 0.2) is 5.96 Å². The molecule has 1 aromatic rings. The average molecular weight is 482 g/mol. The number of rotatable bonds is 15. The number of guanidine groups is 1. The molecule has 0 aliphatic carbocycles. The zero-order valence-corrected chi connectivity index (χ0v) is 19.4. The number of carboxylic acids is 1. The summed E-state index contributed by atoms with van der Waals surface area (Å²) >= 11 is 0. The van der Waals surface area contributed by atoms with Gasteiger partial charge in [-0.05, 0) is 18.8 Å². The summed E-state index contributed by atoms with van der Waals surface area (Å²) in [4.78, 5) is 59.2. The van der Waals surface area contributed by atoms with Crippen molar-refractivity contribution < 1.29 is 24.3 Å². The molecule has 0 saturated carbocycles. The predicted octanol–water partition coefficient (Wildman–Crippen LogP) is -2.45. The number of imidazole rings is 1. The molecule has 14 nitrogen and oxygen atoms in total. The van der Waals surface area contributed by atoms with Crippen molar-refractivity contribution in [3.63, 3.8) is 0 Å². The van der Waals surface area contributed by atoms with Crippen molar-refractivity contribution in [2.45, 2.75) is 57.7 Å². The van der Waals surface area contributed by atoms with Gasteiger partial charge in [-0.2, -0.15) is 0 Å². The van der Waals surface area contributed by atoms with Crippen LogP contribution in [-0.4, -0.2) is 75.9 Å². The molecule has 0 aliphatic rings. The number of hydrogen-bond donors (Lipinski definition) is 8. The van der Waals surface area contributed by atoms with E-state index in [2.05, 4.69) is 30.9 Å². The summed E-state index contributed by atoms with van der Waals surface area (Å²) in [5, 5.41) is 16.7. The minimum atomic E-state index is -1.24. The molecule has 0 aromatic carbocycles. The molecule has 1 aromatic heterocycles. The number of hydrogen-bond acceptors (Lipinski definition) is 7. The van der Waals surface area contributed by atoms with Crippen molar-refractivity contribution >= 4 is 29.7 Å². The standard InChI is InChI=1S/C20H35N9O5/c1-3-11(2)16(21)18(32)29-13(5-4-6-25-20(22)23)17(31)26-9-15(30)28-14(19(33)34)7-12-8-24-10-27-12/h8,10-11,13-14,16H,3-7,9,21H2,1-2H3,(H,24,27)(H,26,31)(H,28,30)(H,29,32)(H,33,34)(H4,22,23,25). The van der Waals surface area contributed by atoms with Crippen LogP contribution in [0.25, 0.3) is 0 Å². The summed E-state index contributed by atoms with van der Waals surface area (Å²) in [7, 11) is 0. The number of amides is 3. The zero-order valence-electron chi connectivity index (χ0n) is 19.4. The van der Waals surface area contributed by atoms with E-state index in [9.17, 15) is 24.3 Å². The molecule has 0 fully saturated rings. The number of carboxylic acid groups (broad SMARTS) is 1. The maximum absolute atomic E-state index is 12.7. The van der Waals surface area contributed by atoms with Crippen LogP contribution in [0.1, 0.15) is 38.8 Å². The average Bonchev–Trinajstić information content (AvgIpc) is 3.30. The Balaban J connectivity index is 2.71. The fourth-order valence-corrected chi connectivity index (χ4v) is 2.90. The quantitative estimate of drug-likeness (QED) is 0.0751. The van der Waals surface area contributed by atoms with Gasteiger partial charge in [-0.1, -0.05) is 20.3 Å². The summed E-state index contributed by atoms with van der Waals surface area (Å²) in [6.45, 7) is 3.48. The maximum atomic E-state index is 12.7. The normalized spacial score (nSPS) is 14.2. The lowest BCUT2D eigenvalue weighted by Crippen LogP contribution is -2.54. The lowest BCUT2D eigenvalue weighted by Gasteiger charge is -2.23. The first-order valence-electron chi connectivity index (χ1n) is 10.9. The smallest absolute Gasteiger partial charge is 0.326 e. The molecule has 3 amide bonds. The fraction of sp³-hybridized carbons (Fsp3) is 0.600. The van der Waals surface area contributed by atoms with Gasteiger partial charge in [-0.3, -0.25) is 19.4 Å². The highest BCUT2D eigenvalue weighted by molar-refractivity contribution is 5.92. The molecule has 0 radical (unpaired) electrons. The molecule has 0 saturated heterocycles. The Morgan fingerprint density at radius 3 is 2.44 bits per heavy atom. The molecule has 1 rings (SSSR count). The van der Waals surface area contributed by atoms with Crippen molar-refractivity contribution in [2.75, 3.05) is 13.1 Å². The molecule has 190 valence electrons. The summed E-state index contributed by atoms with van der Waals surface area (Å²) in [6, 6.07) is -3.00. The number of nitrogens with one attached hydrogen (secondary N) is 4. The minimum Gasteiger partial charge on any atom is -0.480 e. The van der Waals surface area contributed by atoms with Gasteiger partial charge in [0.1, 0.15) is 12.1 Å². The highest BCUT2D eigenvalue weighted by atomic mass is 16.4. The first kappa shape index (κ1) is 28.4. The number of aliphatic imine (C=N–C) groups is 1. The number of H-pyrrole nitrogens is 1. The molecular formula is C20H35N9O5. The third kappa shape index (κ3) is 10.3. The van der Waals surface area contributed by atoms with Crippen LogP contribution in [0.2, 0.25) is 0 Å². The molecule has 4 atom stereocenters. The van der Waals surface area contributed by atoms with E-state index in [1.807, 2.05) is 13.8 Å². The second-order valence-corrected chi connectivity index (χ2v) is 7.88. The second kappa shape index (κ2) is 14.5. The molecule has 1 heterocycles. The van der Waals surface area contributed by atoms with Crippen molar-refractivity contribution in [2.24, 2.45) is 28.1 Å². The minimum absolute atomic E-state index is 0.00794. The number of nitrogens with zero attached hydrogens (tertiary/aromatic N) is 2. The lowest BCUT2D eigenvalue weighted by molar-refractivity contribution is -0.141. The van der Waals surface area contributed by atoms with E-state index in [4.69, 9.17) is 17.2 Å². The Labute approximate surface area is 197 Å². The number of carbonyl (C=O) groups is 4. The molecule has 34 heavy (non-hydrogen) atoms.